The molecule has 5 heteroatoms. The Balaban J connectivity index is 0.00000280. The number of benzene rings is 4. The van der Waals surface area contributed by atoms with Crippen molar-refractivity contribution in [3.05, 3.63) is 144 Å². The van der Waals surface area contributed by atoms with Crippen LogP contribution in [0.1, 0.15) is 34.3 Å². The fourth-order valence-corrected chi connectivity index (χ4v) is 4.90. The predicted molar refractivity (Wildman–Crippen MR) is 151 cm³/mol. The third kappa shape index (κ3) is 4.59. The van der Waals surface area contributed by atoms with E-state index in [2.05, 4.69) is 70.6 Å². The molecule has 2 aromatic heterocycles. The van der Waals surface area contributed by atoms with Crippen LogP contribution >= 0.6 is 0 Å². The second kappa shape index (κ2) is 10.3. The number of hydrogen-bond acceptors (Lipinski definition) is 4. The summed E-state index contributed by atoms with van der Waals surface area (Å²) in [4.78, 5) is 8.92. The highest BCUT2D eigenvalue weighted by Gasteiger charge is 2.14. The van der Waals surface area contributed by atoms with Crippen molar-refractivity contribution < 1.29 is 5.48 Å². The fourth-order valence-electron chi connectivity index (χ4n) is 4.90. The zero-order valence-electron chi connectivity index (χ0n) is 20.3. The van der Waals surface area contributed by atoms with Gasteiger partial charge in [0, 0.05) is 23.2 Å². The molecule has 0 aliphatic heterocycles. The third-order valence-electron chi connectivity index (χ3n) is 6.91. The van der Waals surface area contributed by atoms with Crippen LogP contribution in [0.5, 0.6) is 0 Å². The summed E-state index contributed by atoms with van der Waals surface area (Å²) in [6.45, 7) is 0. The number of hydrogen-bond donors (Lipinski definition) is 2. The van der Waals surface area contributed by atoms with Crippen molar-refractivity contribution in [2.75, 3.05) is 0 Å². The molecular formula is C32H28N4O. The molecule has 0 aliphatic carbocycles. The lowest BCUT2D eigenvalue weighted by atomic mass is 9.93. The van der Waals surface area contributed by atoms with Crippen molar-refractivity contribution in [1.29, 1.82) is 0 Å². The van der Waals surface area contributed by atoms with Crippen LogP contribution in [0, 0.1) is 0 Å². The van der Waals surface area contributed by atoms with Gasteiger partial charge in [-0.15, -0.1) is 0 Å². The first-order chi connectivity index (χ1) is 17.7. The van der Waals surface area contributed by atoms with E-state index in [1.165, 1.54) is 0 Å². The third-order valence-corrected chi connectivity index (χ3v) is 6.91. The molecule has 0 amide bonds. The standard InChI is InChI=1S/C32H26N4.H2O/c33-31(27-17-19-35-29-7-3-1-5-25(27)29)23-13-9-21(10-14-23)22-11-15-24(16-12-22)32(34)28-18-20-36-30-8-4-2-6-26(28)30;/h1-20,31-32H,33-34H2;1H2. The number of aromatic nitrogens is 2. The van der Waals surface area contributed by atoms with Crippen LogP contribution < -0.4 is 11.5 Å². The molecule has 0 saturated heterocycles. The topological polar surface area (TPSA) is 109 Å². The molecule has 0 aliphatic rings. The molecule has 6 rings (SSSR count). The monoisotopic (exact) mass is 484 g/mol. The van der Waals surface area contributed by atoms with Crippen LogP contribution in [0.25, 0.3) is 32.9 Å². The maximum absolute atomic E-state index is 6.67. The van der Waals surface area contributed by atoms with Crippen molar-refractivity contribution in [3.63, 3.8) is 0 Å². The summed E-state index contributed by atoms with van der Waals surface area (Å²) in [7, 11) is 0. The molecule has 0 saturated carbocycles. The Morgan fingerprint density at radius 2 is 0.838 bits per heavy atom. The summed E-state index contributed by atoms with van der Waals surface area (Å²) in [6.07, 6.45) is 3.65. The lowest BCUT2D eigenvalue weighted by Crippen LogP contribution is -2.12. The zero-order valence-corrected chi connectivity index (χ0v) is 20.3. The minimum atomic E-state index is -0.220. The molecule has 4 aromatic carbocycles. The molecule has 6 aromatic rings. The number of nitrogens with zero attached hydrogens (tertiary/aromatic N) is 2. The lowest BCUT2D eigenvalue weighted by molar-refractivity contribution is 0.824. The smallest absolute Gasteiger partial charge is 0.0705 e. The lowest BCUT2D eigenvalue weighted by Gasteiger charge is -2.16. The average molecular weight is 485 g/mol. The van der Waals surface area contributed by atoms with E-state index in [4.69, 9.17) is 11.5 Å². The molecule has 0 radical (unpaired) electrons. The molecule has 37 heavy (non-hydrogen) atoms. The maximum atomic E-state index is 6.67. The minimum absolute atomic E-state index is 0. The highest BCUT2D eigenvalue weighted by atomic mass is 16.0. The van der Waals surface area contributed by atoms with Gasteiger partial charge in [-0.1, -0.05) is 84.9 Å². The number of nitrogens with two attached hydrogens (primary N) is 2. The van der Waals surface area contributed by atoms with Gasteiger partial charge in [0.05, 0.1) is 23.1 Å². The molecule has 6 N–H and O–H groups in total. The number of pyridine rings is 2. The van der Waals surface area contributed by atoms with Gasteiger partial charge in [-0.05, 0) is 57.6 Å². The molecule has 0 bridgehead atoms. The van der Waals surface area contributed by atoms with E-state index in [0.29, 0.717) is 0 Å². The van der Waals surface area contributed by atoms with Gasteiger partial charge in [0.1, 0.15) is 0 Å². The number of fused-ring (bicyclic) bond motifs is 2. The Morgan fingerprint density at radius 1 is 0.459 bits per heavy atom. The number of para-hydroxylation sites is 2. The van der Waals surface area contributed by atoms with E-state index >= 15 is 0 Å². The minimum Gasteiger partial charge on any atom is -0.412 e. The molecule has 2 atom stereocenters. The van der Waals surface area contributed by atoms with Gasteiger partial charge in [-0.3, -0.25) is 9.97 Å². The van der Waals surface area contributed by atoms with Gasteiger partial charge in [-0.2, -0.15) is 0 Å². The van der Waals surface area contributed by atoms with E-state index in [9.17, 15) is 0 Å². The Kier molecular flexibility index (Phi) is 6.75. The summed E-state index contributed by atoms with van der Waals surface area (Å²) >= 11 is 0. The van der Waals surface area contributed by atoms with Crippen molar-refractivity contribution in [3.8, 4) is 11.1 Å². The Morgan fingerprint density at radius 3 is 1.24 bits per heavy atom. The van der Waals surface area contributed by atoms with Gasteiger partial charge in [-0.25, -0.2) is 0 Å². The van der Waals surface area contributed by atoms with Crippen molar-refractivity contribution >= 4 is 21.8 Å². The Bertz CT molecular complexity index is 1530. The first-order valence-electron chi connectivity index (χ1n) is 12.1. The first kappa shape index (κ1) is 24.3. The second-order valence-corrected chi connectivity index (χ2v) is 9.03. The van der Waals surface area contributed by atoms with E-state index < -0.39 is 0 Å². The first-order valence-corrected chi connectivity index (χ1v) is 12.1. The van der Waals surface area contributed by atoms with Gasteiger partial charge < -0.3 is 16.9 Å². The summed E-state index contributed by atoms with van der Waals surface area (Å²) in [5, 5.41) is 2.18. The molecule has 182 valence electrons. The summed E-state index contributed by atoms with van der Waals surface area (Å²) in [6, 6.07) is 36.8. The quantitative estimate of drug-likeness (QED) is 0.326. The van der Waals surface area contributed by atoms with E-state index in [-0.39, 0.29) is 17.6 Å². The highest BCUT2D eigenvalue weighted by Crippen LogP contribution is 2.30. The van der Waals surface area contributed by atoms with E-state index in [1.807, 2.05) is 60.9 Å². The largest absolute Gasteiger partial charge is 0.412 e. The van der Waals surface area contributed by atoms with Crippen LogP contribution in [0.4, 0.5) is 0 Å². The van der Waals surface area contributed by atoms with Crippen molar-refractivity contribution in [1.82, 2.24) is 9.97 Å². The molecule has 0 fully saturated rings. The van der Waals surface area contributed by atoms with Gasteiger partial charge in [0.25, 0.3) is 0 Å². The van der Waals surface area contributed by atoms with Crippen LogP contribution in [-0.4, -0.2) is 15.4 Å². The summed E-state index contributed by atoms with van der Waals surface area (Å²) in [5.41, 5.74) is 21.8. The molecule has 2 heterocycles. The van der Waals surface area contributed by atoms with Gasteiger partial charge in [0.2, 0.25) is 0 Å². The van der Waals surface area contributed by atoms with E-state index in [1.54, 1.807) is 0 Å². The van der Waals surface area contributed by atoms with Crippen molar-refractivity contribution in [2.24, 2.45) is 11.5 Å². The van der Waals surface area contributed by atoms with Gasteiger partial charge >= 0.3 is 0 Å². The molecule has 0 spiro atoms. The summed E-state index contributed by atoms with van der Waals surface area (Å²) < 4.78 is 0. The second-order valence-electron chi connectivity index (χ2n) is 9.03. The average Bonchev–Trinajstić information content (AvgIpc) is 2.96. The summed E-state index contributed by atoms with van der Waals surface area (Å²) in [5.74, 6) is 0. The van der Waals surface area contributed by atoms with E-state index in [0.717, 1.165) is 55.2 Å². The van der Waals surface area contributed by atoms with Crippen LogP contribution in [0.2, 0.25) is 0 Å². The number of rotatable bonds is 5. The van der Waals surface area contributed by atoms with Crippen LogP contribution in [0.3, 0.4) is 0 Å². The van der Waals surface area contributed by atoms with Crippen molar-refractivity contribution in [2.45, 2.75) is 12.1 Å². The van der Waals surface area contributed by atoms with Crippen LogP contribution in [0.15, 0.2) is 122 Å². The SMILES string of the molecule is NC(c1ccc(-c2ccc(C(N)c3ccnc4ccccc34)cc2)cc1)c1ccnc2ccccc12.O. The van der Waals surface area contributed by atoms with Gasteiger partial charge in [0.15, 0.2) is 0 Å². The Hall–Kier alpha value is -4.42. The molecule has 2 unspecified atom stereocenters. The highest BCUT2D eigenvalue weighted by molar-refractivity contribution is 5.83. The van der Waals surface area contributed by atoms with Crippen LogP contribution in [-0.2, 0) is 0 Å². The normalized spacial score (nSPS) is 12.7. The Labute approximate surface area is 215 Å². The molecule has 5 nitrogen and oxygen atoms in total. The maximum Gasteiger partial charge on any atom is 0.0705 e. The predicted octanol–water partition coefficient (Wildman–Crippen LogP) is 5.72. The zero-order chi connectivity index (χ0) is 24.5. The fraction of sp³-hybridized carbons (Fsp3) is 0.0625. The molecular weight excluding hydrogens is 456 g/mol.